The molecule has 0 aromatic heterocycles. The van der Waals surface area contributed by atoms with E-state index in [0.29, 0.717) is 10.9 Å². The van der Waals surface area contributed by atoms with Gasteiger partial charge in [-0.1, -0.05) is 27.7 Å². The number of nitrogens with two attached hydrogens (primary N) is 1. The fourth-order valence-corrected chi connectivity index (χ4v) is 4.80. The van der Waals surface area contributed by atoms with Crippen LogP contribution in [0.2, 0.25) is 0 Å². The molecule has 1 aliphatic heterocycles. The molecule has 8 heteroatoms. The van der Waals surface area contributed by atoms with Gasteiger partial charge < -0.3 is 10.5 Å². The van der Waals surface area contributed by atoms with Gasteiger partial charge in [-0.15, -0.1) is 0 Å². The van der Waals surface area contributed by atoms with E-state index in [2.05, 4.69) is 20.9 Å². The van der Waals surface area contributed by atoms with Crippen LogP contribution in [0, 0.1) is 11.7 Å². The fraction of sp³-hybridized carbons (Fsp3) is 0.429. The minimum atomic E-state index is -1.49. The topological polar surface area (TPSA) is 64.7 Å². The third-order valence-corrected chi connectivity index (χ3v) is 5.99. The summed E-state index contributed by atoms with van der Waals surface area (Å²) >= 11 is 4.33. The smallest absolute Gasteiger partial charge is 0.322 e. The van der Waals surface area contributed by atoms with E-state index in [0.717, 1.165) is 11.8 Å². The van der Waals surface area contributed by atoms with Crippen molar-refractivity contribution in [3.05, 3.63) is 34.1 Å². The summed E-state index contributed by atoms with van der Waals surface area (Å²) < 4.78 is 32.8. The van der Waals surface area contributed by atoms with Crippen molar-refractivity contribution in [2.75, 3.05) is 13.8 Å². The van der Waals surface area contributed by atoms with Crippen LogP contribution in [-0.2, 0) is 15.1 Å². The molecule has 3 rings (SSSR count). The van der Waals surface area contributed by atoms with Crippen LogP contribution in [0.25, 0.3) is 0 Å². The molecule has 1 aliphatic carbocycles. The summed E-state index contributed by atoms with van der Waals surface area (Å²) in [5.41, 5.74) is 4.42. The van der Waals surface area contributed by atoms with Gasteiger partial charge in [-0.25, -0.2) is 13.8 Å². The molecular formula is C14H13BrF2N2O2S. The minimum absolute atomic E-state index is 0.0659. The zero-order chi connectivity index (χ0) is 16.1. The van der Waals surface area contributed by atoms with Crippen molar-refractivity contribution in [2.24, 2.45) is 16.6 Å². The fourth-order valence-electron chi connectivity index (χ4n) is 3.11. The molecule has 0 spiro atoms. The number of fused-ring (bicyclic) bond motifs is 1. The number of amidine groups is 1. The number of alkyl halides is 1. The standard InChI is InChI=1S/C14H13BrF2N2O2S/c1-21-11(20)14-5-10(14)13(6-16,19-12(18)22-14)8-4-7(15)2-3-9(8)17/h2-4,10H,5-6H2,1H3,(H2,18,19)/t10?,13-,14+/m1/s1. The normalized spacial score (nSPS) is 32.9. The number of benzene rings is 1. The van der Waals surface area contributed by atoms with Crippen molar-refractivity contribution < 1.29 is 18.3 Å². The van der Waals surface area contributed by atoms with E-state index in [4.69, 9.17) is 10.5 Å². The summed E-state index contributed by atoms with van der Waals surface area (Å²) in [5, 5.41) is 0.0659. The predicted molar refractivity (Wildman–Crippen MR) is 83.8 cm³/mol. The molecular weight excluding hydrogens is 378 g/mol. The molecule has 118 valence electrons. The van der Waals surface area contributed by atoms with Gasteiger partial charge in [0, 0.05) is 16.0 Å². The Labute approximate surface area is 138 Å². The first-order valence-corrected chi connectivity index (χ1v) is 8.15. The summed E-state index contributed by atoms with van der Waals surface area (Å²) in [7, 11) is 1.27. The summed E-state index contributed by atoms with van der Waals surface area (Å²) in [4.78, 5) is 16.3. The molecule has 0 amide bonds. The first kappa shape index (κ1) is 15.7. The Morgan fingerprint density at radius 1 is 1.64 bits per heavy atom. The van der Waals surface area contributed by atoms with Crippen LogP contribution in [0.5, 0.6) is 0 Å². The Kier molecular flexibility index (Phi) is 3.71. The lowest BCUT2D eigenvalue weighted by molar-refractivity contribution is -0.141. The van der Waals surface area contributed by atoms with Gasteiger partial charge in [-0.05, 0) is 24.6 Å². The number of methoxy groups -OCH3 is 1. The number of aliphatic imine (C=N–C) groups is 1. The highest BCUT2D eigenvalue weighted by Crippen LogP contribution is 2.66. The van der Waals surface area contributed by atoms with Gasteiger partial charge in [0.2, 0.25) is 0 Å². The van der Waals surface area contributed by atoms with Crippen molar-refractivity contribution in [1.29, 1.82) is 0 Å². The van der Waals surface area contributed by atoms with Gasteiger partial charge in [0.1, 0.15) is 22.8 Å². The lowest BCUT2D eigenvalue weighted by Gasteiger charge is -2.34. The maximum absolute atomic E-state index is 14.3. The summed E-state index contributed by atoms with van der Waals surface area (Å²) in [6.07, 6.45) is 0.352. The molecule has 2 aliphatic rings. The number of halogens is 3. The van der Waals surface area contributed by atoms with Crippen LogP contribution in [-0.4, -0.2) is 29.7 Å². The SMILES string of the molecule is COC(=O)[C@]12CC1[C@@](CF)(c1cc(Br)ccc1F)N=C(N)S2. The van der Waals surface area contributed by atoms with Crippen molar-refractivity contribution >= 4 is 38.8 Å². The number of thioether (sulfide) groups is 1. The van der Waals surface area contributed by atoms with Gasteiger partial charge in [0.05, 0.1) is 7.11 Å². The number of nitrogens with zero attached hydrogens (tertiary/aromatic N) is 1. The number of carbonyl (C=O) groups is 1. The first-order valence-electron chi connectivity index (χ1n) is 6.54. The van der Waals surface area contributed by atoms with Gasteiger partial charge in [-0.3, -0.25) is 4.79 Å². The Hall–Kier alpha value is -1.15. The lowest BCUT2D eigenvalue weighted by Crippen LogP contribution is -2.43. The maximum atomic E-state index is 14.3. The first-order chi connectivity index (χ1) is 10.4. The Morgan fingerprint density at radius 3 is 3.00 bits per heavy atom. The number of hydrogen-bond donors (Lipinski definition) is 1. The Balaban J connectivity index is 2.16. The number of esters is 1. The van der Waals surface area contributed by atoms with Crippen molar-refractivity contribution in [2.45, 2.75) is 16.7 Å². The maximum Gasteiger partial charge on any atom is 0.322 e. The highest BCUT2D eigenvalue weighted by molar-refractivity contribution is 9.10. The molecule has 1 saturated carbocycles. The average molecular weight is 391 g/mol. The van der Waals surface area contributed by atoms with Crippen molar-refractivity contribution in [3.8, 4) is 0 Å². The highest BCUT2D eigenvalue weighted by atomic mass is 79.9. The molecule has 0 radical (unpaired) electrons. The molecule has 0 saturated heterocycles. The summed E-state index contributed by atoms with van der Waals surface area (Å²) in [6.45, 7) is -0.939. The second kappa shape index (κ2) is 5.19. The number of ether oxygens (including phenoxy) is 1. The molecule has 0 bridgehead atoms. The number of carbonyl (C=O) groups excluding carboxylic acids is 1. The molecule has 1 aromatic rings. The quantitative estimate of drug-likeness (QED) is 0.805. The van der Waals surface area contributed by atoms with Crippen LogP contribution < -0.4 is 5.73 Å². The predicted octanol–water partition coefficient (Wildman–Crippen LogP) is 2.75. The second-order valence-corrected chi connectivity index (χ2v) is 7.64. The van der Waals surface area contributed by atoms with Gasteiger partial charge in [0.25, 0.3) is 0 Å². The third-order valence-electron chi connectivity index (χ3n) is 4.21. The summed E-state index contributed by atoms with van der Waals surface area (Å²) in [6, 6.07) is 4.25. The Bertz CT molecular complexity index is 687. The molecule has 1 heterocycles. The molecule has 1 aromatic carbocycles. The third kappa shape index (κ3) is 2.07. The largest absolute Gasteiger partial charge is 0.468 e. The molecule has 3 atom stereocenters. The molecule has 1 fully saturated rings. The molecule has 22 heavy (non-hydrogen) atoms. The van der Waals surface area contributed by atoms with Gasteiger partial charge in [0.15, 0.2) is 5.17 Å². The Morgan fingerprint density at radius 2 is 2.36 bits per heavy atom. The average Bonchev–Trinajstić information content (AvgIpc) is 3.24. The highest BCUT2D eigenvalue weighted by Gasteiger charge is 2.73. The van der Waals surface area contributed by atoms with Crippen LogP contribution in [0.15, 0.2) is 27.7 Å². The van der Waals surface area contributed by atoms with E-state index in [9.17, 15) is 13.6 Å². The zero-order valence-electron chi connectivity index (χ0n) is 11.6. The van der Waals surface area contributed by atoms with E-state index in [1.54, 1.807) is 0 Å². The number of hydrogen-bond acceptors (Lipinski definition) is 5. The van der Waals surface area contributed by atoms with Gasteiger partial charge >= 0.3 is 5.97 Å². The van der Waals surface area contributed by atoms with Crippen LogP contribution >= 0.6 is 27.7 Å². The van der Waals surface area contributed by atoms with E-state index < -0.39 is 34.7 Å². The van der Waals surface area contributed by atoms with E-state index >= 15 is 0 Å². The van der Waals surface area contributed by atoms with Crippen molar-refractivity contribution in [1.82, 2.24) is 0 Å². The number of rotatable bonds is 3. The minimum Gasteiger partial charge on any atom is -0.468 e. The zero-order valence-corrected chi connectivity index (χ0v) is 14.0. The van der Waals surface area contributed by atoms with E-state index in [1.807, 2.05) is 0 Å². The van der Waals surface area contributed by atoms with E-state index in [-0.39, 0.29) is 10.7 Å². The van der Waals surface area contributed by atoms with Crippen molar-refractivity contribution in [3.63, 3.8) is 0 Å². The van der Waals surface area contributed by atoms with Gasteiger partial charge in [-0.2, -0.15) is 0 Å². The lowest BCUT2D eigenvalue weighted by atomic mass is 9.85. The van der Waals surface area contributed by atoms with Crippen LogP contribution in [0.4, 0.5) is 8.78 Å². The molecule has 1 unspecified atom stereocenters. The van der Waals surface area contributed by atoms with E-state index in [1.165, 1.54) is 25.3 Å². The molecule has 2 N–H and O–H groups in total. The molecule has 4 nitrogen and oxygen atoms in total. The monoisotopic (exact) mass is 390 g/mol. The summed E-state index contributed by atoms with van der Waals surface area (Å²) in [5.74, 6) is -1.54. The van der Waals surface area contributed by atoms with Crippen LogP contribution in [0.3, 0.4) is 0 Å². The second-order valence-electron chi connectivity index (χ2n) is 5.37. The van der Waals surface area contributed by atoms with Crippen LogP contribution in [0.1, 0.15) is 12.0 Å².